The Hall–Kier alpha value is -1.13. The van der Waals surface area contributed by atoms with Crippen LogP contribution in [0.25, 0.3) is 0 Å². The number of aliphatic hydroxyl groups is 1. The standard InChI is InChI=1S/C13H20FNO2/c1-8(2)6-7-11(16)12(15)9-4-3-5-10(14)13(9)17/h3-5,8,11-12,16-17H,6-7,15H2,1-2H3/t11-,12+/m1/s1. The molecule has 0 heterocycles. The van der Waals surface area contributed by atoms with E-state index >= 15 is 0 Å². The minimum Gasteiger partial charge on any atom is -0.505 e. The van der Waals surface area contributed by atoms with Gasteiger partial charge in [0.2, 0.25) is 0 Å². The minimum absolute atomic E-state index is 0.251. The van der Waals surface area contributed by atoms with Crippen molar-refractivity contribution < 1.29 is 14.6 Å². The van der Waals surface area contributed by atoms with E-state index in [1.165, 1.54) is 12.1 Å². The third-order valence-electron chi connectivity index (χ3n) is 2.83. The van der Waals surface area contributed by atoms with E-state index < -0.39 is 23.7 Å². The van der Waals surface area contributed by atoms with Crippen LogP contribution in [0.4, 0.5) is 4.39 Å². The Balaban J connectivity index is 2.74. The first-order chi connectivity index (χ1) is 7.93. The fourth-order valence-electron chi connectivity index (χ4n) is 1.69. The third kappa shape index (κ3) is 3.68. The van der Waals surface area contributed by atoms with Gasteiger partial charge < -0.3 is 15.9 Å². The van der Waals surface area contributed by atoms with E-state index in [0.717, 1.165) is 12.5 Å². The molecule has 0 bridgehead atoms. The number of benzene rings is 1. The largest absolute Gasteiger partial charge is 0.505 e. The maximum absolute atomic E-state index is 13.1. The molecule has 0 fully saturated rings. The number of para-hydroxylation sites is 1. The average molecular weight is 241 g/mol. The van der Waals surface area contributed by atoms with Gasteiger partial charge in [-0.15, -0.1) is 0 Å². The zero-order valence-electron chi connectivity index (χ0n) is 10.2. The van der Waals surface area contributed by atoms with Crippen LogP contribution in [0.2, 0.25) is 0 Å². The predicted octanol–water partition coefficient (Wildman–Crippen LogP) is 2.33. The van der Waals surface area contributed by atoms with Gasteiger partial charge in [0.15, 0.2) is 11.6 Å². The van der Waals surface area contributed by atoms with Gasteiger partial charge in [-0.25, -0.2) is 4.39 Å². The maximum atomic E-state index is 13.1. The topological polar surface area (TPSA) is 66.5 Å². The van der Waals surface area contributed by atoms with Crippen LogP contribution in [-0.4, -0.2) is 16.3 Å². The fourth-order valence-corrected chi connectivity index (χ4v) is 1.69. The Labute approximate surface area is 101 Å². The zero-order valence-corrected chi connectivity index (χ0v) is 10.2. The van der Waals surface area contributed by atoms with E-state index in [9.17, 15) is 14.6 Å². The summed E-state index contributed by atoms with van der Waals surface area (Å²) in [5.74, 6) is -0.712. The molecule has 0 amide bonds. The van der Waals surface area contributed by atoms with Gasteiger partial charge in [-0.3, -0.25) is 0 Å². The van der Waals surface area contributed by atoms with Crippen molar-refractivity contribution in [2.24, 2.45) is 11.7 Å². The molecule has 1 rings (SSSR count). The summed E-state index contributed by atoms with van der Waals surface area (Å²) in [7, 11) is 0. The molecule has 0 aliphatic heterocycles. The number of phenolic OH excluding ortho intramolecular Hbond substituents is 1. The van der Waals surface area contributed by atoms with E-state index in [1.807, 2.05) is 0 Å². The summed E-state index contributed by atoms with van der Waals surface area (Å²) < 4.78 is 13.1. The van der Waals surface area contributed by atoms with Crippen molar-refractivity contribution in [3.63, 3.8) is 0 Å². The van der Waals surface area contributed by atoms with Gasteiger partial charge in [0, 0.05) is 5.56 Å². The van der Waals surface area contributed by atoms with Crippen LogP contribution in [0.1, 0.15) is 38.3 Å². The first-order valence-electron chi connectivity index (χ1n) is 5.84. The molecule has 0 aromatic heterocycles. The number of phenols is 1. The van der Waals surface area contributed by atoms with Crippen LogP contribution >= 0.6 is 0 Å². The molecule has 4 N–H and O–H groups in total. The Bertz CT molecular complexity index is 368. The fraction of sp³-hybridized carbons (Fsp3) is 0.538. The van der Waals surface area contributed by atoms with Gasteiger partial charge in [-0.05, 0) is 24.8 Å². The summed E-state index contributed by atoms with van der Waals surface area (Å²) in [4.78, 5) is 0. The number of aromatic hydroxyl groups is 1. The number of halogens is 1. The van der Waals surface area contributed by atoms with Crippen molar-refractivity contribution in [1.82, 2.24) is 0 Å². The van der Waals surface area contributed by atoms with Crippen LogP contribution in [0.3, 0.4) is 0 Å². The Kier molecular flexibility index (Phi) is 4.90. The molecule has 0 unspecified atom stereocenters. The van der Waals surface area contributed by atoms with Crippen LogP contribution in [0.15, 0.2) is 18.2 Å². The minimum atomic E-state index is -0.773. The molecule has 4 heteroatoms. The van der Waals surface area contributed by atoms with E-state index in [-0.39, 0.29) is 5.56 Å². The Morgan fingerprint density at radius 3 is 2.53 bits per heavy atom. The second-order valence-electron chi connectivity index (χ2n) is 4.74. The number of hydrogen-bond donors (Lipinski definition) is 3. The van der Waals surface area contributed by atoms with Crippen LogP contribution in [0, 0.1) is 11.7 Å². The summed E-state index contributed by atoms with van der Waals surface area (Å²) in [6.45, 7) is 4.11. The number of hydrogen-bond acceptors (Lipinski definition) is 3. The Morgan fingerprint density at radius 2 is 1.94 bits per heavy atom. The first-order valence-corrected chi connectivity index (χ1v) is 5.84. The monoisotopic (exact) mass is 241 g/mol. The predicted molar refractivity (Wildman–Crippen MR) is 65.1 cm³/mol. The van der Waals surface area contributed by atoms with Crippen molar-refractivity contribution in [2.45, 2.75) is 38.8 Å². The lowest BCUT2D eigenvalue weighted by atomic mass is 9.95. The molecular formula is C13H20FNO2. The highest BCUT2D eigenvalue weighted by molar-refractivity contribution is 5.36. The molecule has 0 saturated heterocycles. The van der Waals surface area contributed by atoms with Crippen LogP contribution < -0.4 is 5.73 Å². The van der Waals surface area contributed by atoms with E-state index in [1.54, 1.807) is 0 Å². The normalized spacial score (nSPS) is 14.9. The van der Waals surface area contributed by atoms with E-state index in [2.05, 4.69) is 13.8 Å². The summed E-state index contributed by atoms with van der Waals surface area (Å²) in [5, 5.41) is 19.4. The third-order valence-corrected chi connectivity index (χ3v) is 2.83. The van der Waals surface area contributed by atoms with Gasteiger partial charge >= 0.3 is 0 Å². The summed E-state index contributed by atoms with van der Waals surface area (Å²) in [6.07, 6.45) is 0.602. The second kappa shape index (κ2) is 5.98. The molecule has 0 aliphatic carbocycles. The highest BCUT2D eigenvalue weighted by Gasteiger charge is 2.21. The lowest BCUT2D eigenvalue weighted by Gasteiger charge is -2.20. The number of aliphatic hydroxyl groups excluding tert-OH is 1. The molecule has 2 atom stereocenters. The molecule has 0 radical (unpaired) electrons. The van der Waals surface area contributed by atoms with Crippen LogP contribution in [-0.2, 0) is 0 Å². The molecule has 17 heavy (non-hydrogen) atoms. The van der Waals surface area contributed by atoms with E-state index in [4.69, 9.17) is 5.73 Å². The van der Waals surface area contributed by atoms with E-state index in [0.29, 0.717) is 12.3 Å². The number of nitrogens with two attached hydrogens (primary N) is 1. The molecule has 1 aromatic carbocycles. The molecule has 0 saturated carbocycles. The Morgan fingerprint density at radius 1 is 1.29 bits per heavy atom. The zero-order chi connectivity index (χ0) is 13.0. The lowest BCUT2D eigenvalue weighted by molar-refractivity contribution is 0.127. The van der Waals surface area contributed by atoms with Gasteiger partial charge in [0.05, 0.1) is 12.1 Å². The second-order valence-corrected chi connectivity index (χ2v) is 4.74. The van der Waals surface area contributed by atoms with Gasteiger partial charge in [-0.2, -0.15) is 0 Å². The lowest BCUT2D eigenvalue weighted by Crippen LogP contribution is -2.26. The quantitative estimate of drug-likeness (QED) is 0.741. The summed E-state index contributed by atoms with van der Waals surface area (Å²) in [5.41, 5.74) is 6.07. The smallest absolute Gasteiger partial charge is 0.165 e. The first kappa shape index (κ1) is 13.9. The summed E-state index contributed by atoms with van der Waals surface area (Å²) in [6, 6.07) is 3.40. The average Bonchev–Trinajstić information content (AvgIpc) is 2.28. The van der Waals surface area contributed by atoms with Crippen molar-refractivity contribution >= 4 is 0 Å². The van der Waals surface area contributed by atoms with Gasteiger partial charge in [-0.1, -0.05) is 26.0 Å². The van der Waals surface area contributed by atoms with Crippen molar-refractivity contribution in [3.8, 4) is 5.75 Å². The SMILES string of the molecule is CC(C)CC[C@@H](O)[C@@H](N)c1cccc(F)c1O. The molecular weight excluding hydrogens is 221 g/mol. The van der Waals surface area contributed by atoms with Crippen LogP contribution in [0.5, 0.6) is 5.75 Å². The van der Waals surface area contributed by atoms with Crippen molar-refractivity contribution in [2.75, 3.05) is 0 Å². The maximum Gasteiger partial charge on any atom is 0.165 e. The van der Waals surface area contributed by atoms with Crippen molar-refractivity contribution in [1.29, 1.82) is 0 Å². The highest BCUT2D eigenvalue weighted by Crippen LogP contribution is 2.28. The van der Waals surface area contributed by atoms with Gasteiger partial charge in [0.1, 0.15) is 0 Å². The molecule has 1 aromatic rings. The number of rotatable bonds is 5. The molecule has 96 valence electrons. The van der Waals surface area contributed by atoms with Crippen molar-refractivity contribution in [3.05, 3.63) is 29.6 Å². The molecule has 0 aliphatic rings. The van der Waals surface area contributed by atoms with Gasteiger partial charge in [0.25, 0.3) is 0 Å². The highest BCUT2D eigenvalue weighted by atomic mass is 19.1. The summed E-state index contributed by atoms with van der Waals surface area (Å²) >= 11 is 0. The molecule has 0 spiro atoms. The molecule has 3 nitrogen and oxygen atoms in total.